The lowest BCUT2D eigenvalue weighted by Gasteiger charge is -2.49. The van der Waals surface area contributed by atoms with E-state index in [0.29, 0.717) is 72.6 Å². The minimum absolute atomic E-state index is 0.158. The van der Waals surface area contributed by atoms with Crippen molar-refractivity contribution in [3.63, 3.8) is 0 Å². The Kier molecular flexibility index (Phi) is 10.5. The van der Waals surface area contributed by atoms with Crippen molar-refractivity contribution in [1.82, 2.24) is 14.8 Å². The molecule has 250 valence electrons. The number of carbonyl (C=O) groups is 2. The van der Waals surface area contributed by atoms with Crippen LogP contribution in [0.15, 0.2) is 65.8 Å². The van der Waals surface area contributed by atoms with Crippen LogP contribution in [-0.2, 0) is 20.5 Å². The molecule has 2 atom stereocenters. The summed E-state index contributed by atoms with van der Waals surface area (Å²) in [6.45, 7) is 11.8. The molecule has 10 heteroatoms. The Morgan fingerprint density at radius 2 is 1.62 bits per heavy atom. The van der Waals surface area contributed by atoms with Gasteiger partial charge in [-0.2, -0.15) is 0 Å². The van der Waals surface area contributed by atoms with E-state index >= 15 is 0 Å². The minimum atomic E-state index is -0.835. The molecule has 0 N–H and O–H groups in total. The number of aromatic nitrogens is 1. The topological polar surface area (TPSA) is 84.3 Å². The maximum absolute atomic E-state index is 14.9. The molecule has 0 bridgehead atoms. The van der Waals surface area contributed by atoms with Gasteiger partial charge in [-0.3, -0.25) is 19.7 Å². The van der Waals surface area contributed by atoms with E-state index in [-0.39, 0.29) is 29.4 Å². The summed E-state index contributed by atoms with van der Waals surface area (Å²) in [5.74, 6) is 1.05. The smallest absolute Gasteiger partial charge is 0.326 e. The second kappa shape index (κ2) is 14.2. The zero-order chi connectivity index (χ0) is 33.9. The summed E-state index contributed by atoms with van der Waals surface area (Å²) in [6.07, 6.45) is 4.07. The maximum Gasteiger partial charge on any atom is 0.326 e. The Hall–Kier alpha value is -3.62. The van der Waals surface area contributed by atoms with Crippen molar-refractivity contribution < 1.29 is 19.1 Å². The molecule has 5 rings (SSSR count). The van der Waals surface area contributed by atoms with Crippen LogP contribution >= 0.6 is 23.2 Å². The highest BCUT2D eigenvalue weighted by Crippen LogP contribution is 2.46. The van der Waals surface area contributed by atoms with Gasteiger partial charge in [0.1, 0.15) is 11.6 Å². The highest BCUT2D eigenvalue weighted by Gasteiger charge is 2.48. The zero-order valence-electron chi connectivity index (χ0n) is 28.1. The molecule has 0 radical (unpaired) electrons. The van der Waals surface area contributed by atoms with Gasteiger partial charge in [-0.05, 0) is 68.0 Å². The Labute approximate surface area is 288 Å². The van der Waals surface area contributed by atoms with E-state index in [2.05, 4.69) is 27.7 Å². The van der Waals surface area contributed by atoms with Crippen LogP contribution in [0.2, 0.25) is 10.0 Å². The van der Waals surface area contributed by atoms with E-state index in [4.69, 9.17) is 42.7 Å². The van der Waals surface area contributed by atoms with Crippen LogP contribution < -0.4 is 4.74 Å². The number of ether oxygens (including phenoxy) is 2. The van der Waals surface area contributed by atoms with Crippen molar-refractivity contribution in [3.8, 4) is 5.75 Å². The third kappa shape index (κ3) is 7.60. The number of nitrogens with zero attached hydrogens (tertiary/aromatic N) is 4. The SMILES string of the molecule is CCOc1cc(C(C)(C)C)ncc1C1=N[C@H](c2ccc(Cl)cc2)C[C@@](C)(c2ccc(Cl)cc2)N1C(=O)N1CCC(CC(=O)OC)CC1. The van der Waals surface area contributed by atoms with Crippen LogP contribution in [0.1, 0.15) is 88.7 Å². The Morgan fingerprint density at radius 1 is 1.00 bits per heavy atom. The number of hydrogen-bond donors (Lipinski definition) is 0. The lowest BCUT2D eigenvalue weighted by molar-refractivity contribution is -0.142. The summed E-state index contributed by atoms with van der Waals surface area (Å²) in [7, 11) is 1.41. The lowest BCUT2D eigenvalue weighted by atomic mass is 9.80. The van der Waals surface area contributed by atoms with E-state index in [1.807, 2.05) is 71.3 Å². The van der Waals surface area contributed by atoms with Gasteiger partial charge < -0.3 is 14.4 Å². The van der Waals surface area contributed by atoms with Crippen LogP contribution in [0.25, 0.3) is 0 Å². The monoisotopic (exact) mass is 678 g/mol. The lowest BCUT2D eigenvalue weighted by Crippen LogP contribution is -2.59. The number of pyridine rings is 1. The quantitative estimate of drug-likeness (QED) is 0.234. The predicted octanol–water partition coefficient (Wildman–Crippen LogP) is 8.59. The molecule has 2 aromatic carbocycles. The summed E-state index contributed by atoms with van der Waals surface area (Å²) >= 11 is 12.7. The van der Waals surface area contributed by atoms with Crippen LogP contribution in [0.3, 0.4) is 0 Å². The van der Waals surface area contributed by atoms with Gasteiger partial charge in [-0.15, -0.1) is 0 Å². The fourth-order valence-electron chi connectivity index (χ4n) is 6.46. The standard InChI is InChI=1S/C37H44Cl2N4O4/c1-7-47-31-21-32(36(2,3)4)40-23-29(31)34-41-30(25-8-12-27(38)13-9-25)22-37(5,26-10-14-28(39)15-11-26)43(34)35(45)42-18-16-24(17-19-42)20-33(44)46-6/h8-15,21,23-24,30H,7,16-20,22H2,1-6H3/t30-,37-/m0/s1. The van der Waals surface area contributed by atoms with E-state index in [0.717, 1.165) is 16.8 Å². The van der Waals surface area contributed by atoms with Gasteiger partial charge in [0.15, 0.2) is 0 Å². The molecule has 1 fully saturated rings. The van der Waals surface area contributed by atoms with E-state index in [9.17, 15) is 9.59 Å². The van der Waals surface area contributed by atoms with Gasteiger partial charge in [0.25, 0.3) is 0 Å². The number of carbonyl (C=O) groups excluding carboxylic acids is 2. The number of halogens is 2. The molecule has 2 aliphatic heterocycles. The van der Waals surface area contributed by atoms with Crippen molar-refractivity contribution in [3.05, 3.63) is 93.2 Å². The van der Waals surface area contributed by atoms with Crippen molar-refractivity contribution >= 4 is 41.0 Å². The van der Waals surface area contributed by atoms with Gasteiger partial charge in [-0.1, -0.05) is 68.2 Å². The summed E-state index contributed by atoms with van der Waals surface area (Å²) in [6, 6.07) is 16.9. The minimum Gasteiger partial charge on any atom is -0.493 e. The molecule has 0 spiro atoms. The number of piperidine rings is 1. The molecule has 2 amide bonds. The van der Waals surface area contributed by atoms with E-state index in [1.54, 1.807) is 6.20 Å². The second-order valence-electron chi connectivity index (χ2n) is 13.6. The van der Waals surface area contributed by atoms with Gasteiger partial charge in [0.05, 0.1) is 30.9 Å². The number of esters is 1. The molecule has 47 heavy (non-hydrogen) atoms. The van der Waals surface area contributed by atoms with Crippen LogP contribution in [0.5, 0.6) is 5.75 Å². The molecular weight excluding hydrogens is 635 g/mol. The van der Waals surface area contributed by atoms with E-state index < -0.39 is 5.54 Å². The van der Waals surface area contributed by atoms with Crippen molar-refractivity contribution in [2.24, 2.45) is 10.9 Å². The summed E-state index contributed by atoms with van der Waals surface area (Å²) < 4.78 is 11.2. The molecule has 3 aromatic rings. The fourth-order valence-corrected chi connectivity index (χ4v) is 6.71. The van der Waals surface area contributed by atoms with Crippen LogP contribution in [0.4, 0.5) is 4.79 Å². The number of hydrogen-bond acceptors (Lipinski definition) is 6. The number of urea groups is 1. The van der Waals surface area contributed by atoms with Crippen LogP contribution in [0, 0.1) is 5.92 Å². The molecule has 3 heterocycles. The summed E-state index contributed by atoms with van der Waals surface area (Å²) in [5, 5.41) is 1.25. The third-order valence-corrected chi connectivity index (χ3v) is 9.73. The fraction of sp³-hybridized carbons (Fsp3) is 0.459. The molecule has 1 saturated heterocycles. The first kappa shape index (κ1) is 34.7. The van der Waals surface area contributed by atoms with Gasteiger partial charge in [0.2, 0.25) is 0 Å². The largest absolute Gasteiger partial charge is 0.493 e. The average Bonchev–Trinajstić information content (AvgIpc) is 3.04. The highest BCUT2D eigenvalue weighted by molar-refractivity contribution is 6.30. The van der Waals surface area contributed by atoms with Crippen molar-refractivity contribution in [2.75, 3.05) is 26.8 Å². The maximum atomic E-state index is 14.9. The number of benzene rings is 2. The Bertz CT molecular complexity index is 1610. The number of amidine groups is 1. The molecule has 0 aliphatic carbocycles. The number of rotatable bonds is 7. The number of likely N-dealkylation sites (tertiary alicyclic amines) is 1. The summed E-state index contributed by atoms with van der Waals surface area (Å²) in [5.41, 5.74) is 2.39. The number of aliphatic imine (C=N–C) groups is 1. The Balaban J connectivity index is 1.67. The first-order valence-corrected chi connectivity index (χ1v) is 17.0. The molecule has 0 unspecified atom stereocenters. The van der Waals surface area contributed by atoms with Crippen molar-refractivity contribution in [1.29, 1.82) is 0 Å². The van der Waals surface area contributed by atoms with Gasteiger partial charge in [0, 0.05) is 59.3 Å². The zero-order valence-corrected chi connectivity index (χ0v) is 29.6. The van der Waals surface area contributed by atoms with Crippen LogP contribution in [-0.4, -0.2) is 59.4 Å². The molecule has 8 nitrogen and oxygen atoms in total. The molecule has 0 saturated carbocycles. The molecule has 2 aliphatic rings. The van der Waals surface area contributed by atoms with Gasteiger partial charge in [-0.25, -0.2) is 4.79 Å². The second-order valence-corrected chi connectivity index (χ2v) is 14.5. The number of amides is 2. The number of methoxy groups -OCH3 is 1. The first-order chi connectivity index (χ1) is 22.3. The molecular formula is C37H44Cl2N4O4. The predicted molar refractivity (Wildman–Crippen MR) is 186 cm³/mol. The normalized spacial score (nSPS) is 20.5. The highest BCUT2D eigenvalue weighted by atomic mass is 35.5. The van der Waals surface area contributed by atoms with E-state index in [1.165, 1.54) is 7.11 Å². The third-order valence-electron chi connectivity index (χ3n) is 9.23. The first-order valence-electron chi connectivity index (χ1n) is 16.2. The summed E-state index contributed by atoms with van der Waals surface area (Å²) in [4.78, 5) is 40.8. The molecule has 1 aromatic heterocycles. The average molecular weight is 680 g/mol. The van der Waals surface area contributed by atoms with Gasteiger partial charge >= 0.3 is 12.0 Å². The Morgan fingerprint density at radius 3 is 2.19 bits per heavy atom. The van der Waals surface area contributed by atoms with Crippen molar-refractivity contribution in [2.45, 2.75) is 77.3 Å².